The maximum Gasteiger partial charge on any atom is 0.335 e. The highest BCUT2D eigenvalue weighted by molar-refractivity contribution is 7.89. The van der Waals surface area contributed by atoms with E-state index in [-0.39, 0.29) is 42.4 Å². The molecule has 0 aromatic heterocycles. The van der Waals surface area contributed by atoms with Crippen LogP contribution in [0.1, 0.15) is 46.1 Å². The van der Waals surface area contributed by atoms with E-state index in [1.54, 1.807) is 44.2 Å². The molecule has 0 unspecified atom stereocenters. The smallest absolute Gasteiger partial charge is 0.335 e. The van der Waals surface area contributed by atoms with Crippen LogP contribution in [-0.2, 0) is 29.1 Å². The van der Waals surface area contributed by atoms with E-state index in [4.69, 9.17) is 9.47 Å². The Morgan fingerprint density at radius 3 is 2.20 bits per heavy atom. The SMILES string of the molecule is CCOC(=O)CC[C@H]1C(C(=O)OCC)=C[C@@H](C(C)C)N1S(=O)(=O)c1ccc(C)cc1. The summed E-state index contributed by atoms with van der Waals surface area (Å²) < 4.78 is 38.7. The standard InChI is InChI=1S/C22H31NO6S/c1-6-28-21(24)13-12-19-18(22(25)29-7-2)14-20(15(3)4)23(19)30(26,27)17-10-8-16(5)9-11-17/h8-11,14-15,19-20H,6-7,12-13H2,1-5H3/t19-,20-/m0/s1. The minimum Gasteiger partial charge on any atom is -0.466 e. The second-order valence-electron chi connectivity index (χ2n) is 7.58. The molecule has 166 valence electrons. The van der Waals surface area contributed by atoms with Gasteiger partial charge in [0.15, 0.2) is 0 Å². The minimum absolute atomic E-state index is 0.0000151. The molecule has 0 saturated carbocycles. The van der Waals surface area contributed by atoms with Crippen molar-refractivity contribution in [2.75, 3.05) is 13.2 Å². The van der Waals surface area contributed by atoms with Gasteiger partial charge in [0.25, 0.3) is 0 Å². The van der Waals surface area contributed by atoms with E-state index in [1.807, 2.05) is 20.8 Å². The summed E-state index contributed by atoms with van der Waals surface area (Å²) in [5, 5.41) is 0. The molecule has 0 N–H and O–H groups in total. The molecule has 0 aliphatic carbocycles. The molecule has 0 bridgehead atoms. The zero-order valence-corrected chi connectivity index (χ0v) is 19.1. The van der Waals surface area contributed by atoms with E-state index >= 15 is 0 Å². The number of esters is 2. The molecule has 0 amide bonds. The van der Waals surface area contributed by atoms with Crippen molar-refractivity contribution in [1.82, 2.24) is 4.31 Å². The van der Waals surface area contributed by atoms with Gasteiger partial charge in [-0.05, 0) is 45.2 Å². The lowest BCUT2D eigenvalue weighted by Crippen LogP contribution is -2.45. The zero-order valence-electron chi connectivity index (χ0n) is 18.3. The Kier molecular flexibility index (Phi) is 8.20. The van der Waals surface area contributed by atoms with Gasteiger partial charge in [-0.3, -0.25) is 4.79 Å². The van der Waals surface area contributed by atoms with Crippen LogP contribution < -0.4 is 0 Å². The Morgan fingerprint density at radius 2 is 1.67 bits per heavy atom. The lowest BCUT2D eigenvalue weighted by Gasteiger charge is -2.32. The number of benzene rings is 1. The van der Waals surface area contributed by atoms with Gasteiger partial charge in [0.05, 0.1) is 29.7 Å². The van der Waals surface area contributed by atoms with Gasteiger partial charge in [-0.2, -0.15) is 4.31 Å². The number of nitrogens with zero attached hydrogens (tertiary/aromatic N) is 1. The molecule has 1 heterocycles. The van der Waals surface area contributed by atoms with Crippen molar-refractivity contribution >= 4 is 22.0 Å². The topological polar surface area (TPSA) is 90.0 Å². The summed E-state index contributed by atoms with van der Waals surface area (Å²) in [5.41, 5.74) is 1.22. The molecule has 1 aliphatic rings. The number of hydrogen-bond acceptors (Lipinski definition) is 6. The van der Waals surface area contributed by atoms with Crippen molar-refractivity contribution in [3.05, 3.63) is 41.5 Å². The van der Waals surface area contributed by atoms with Crippen LogP contribution in [0.4, 0.5) is 0 Å². The predicted octanol–water partition coefficient (Wildman–Crippen LogP) is 3.23. The predicted molar refractivity (Wildman–Crippen MR) is 113 cm³/mol. The van der Waals surface area contributed by atoms with Crippen LogP contribution in [0.15, 0.2) is 40.8 Å². The van der Waals surface area contributed by atoms with Gasteiger partial charge in [0, 0.05) is 12.5 Å². The van der Waals surface area contributed by atoms with E-state index in [2.05, 4.69) is 0 Å². The number of ether oxygens (including phenoxy) is 2. The van der Waals surface area contributed by atoms with Crippen LogP contribution in [0.2, 0.25) is 0 Å². The van der Waals surface area contributed by atoms with Crippen molar-refractivity contribution in [3.8, 4) is 0 Å². The third-order valence-corrected chi connectivity index (χ3v) is 6.95. The molecule has 30 heavy (non-hydrogen) atoms. The number of sulfonamides is 1. The molecular weight excluding hydrogens is 406 g/mol. The van der Waals surface area contributed by atoms with Crippen LogP contribution in [0.3, 0.4) is 0 Å². The quantitative estimate of drug-likeness (QED) is 0.551. The van der Waals surface area contributed by atoms with E-state index in [0.29, 0.717) is 0 Å². The number of aryl methyl sites for hydroxylation is 1. The summed E-state index contributed by atoms with van der Waals surface area (Å²) in [6.07, 6.45) is 1.81. The summed E-state index contributed by atoms with van der Waals surface area (Å²) in [6, 6.07) is 5.27. The Morgan fingerprint density at radius 1 is 1.07 bits per heavy atom. The maximum atomic E-state index is 13.6. The van der Waals surface area contributed by atoms with E-state index in [9.17, 15) is 18.0 Å². The van der Waals surface area contributed by atoms with Crippen molar-refractivity contribution in [1.29, 1.82) is 0 Å². The minimum atomic E-state index is -3.92. The first kappa shape index (κ1) is 24.1. The summed E-state index contributed by atoms with van der Waals surface area (Å²) in [7, 11) is -3.92. The van der Waals surface area contributed by atoms with Gasteiger partial charge < -0.3 is 9.47 Å². The molecule has 0 radical (unpaired) electrons. The molecule has 1 aromatic rings. The fourth-order valence-corrected chi connectivity index (χ4v) is 5.45. The number of rotatable bonds is 9. The molecule has 2 atom stereocenters. The first-order chi connectivity index (χ1) is 14.1. The van der Waals surface area contributed by atoms with Crippen molar-refractivity contribution in [3.63, 3.8) is 0 Å². The summed E-state index contributed by atoms with van der Waals surface area (Å²) in [5.74, 6) is -1.07. The van der Waals surface area contributed by atoms with Gasteiger partial charge in [-0.15, -0.1) is 0 Å². The van der Waals surface area contributed by atoms with Gasteiger partial charge in [-0.25, -0.2) is 13.2 Å². The lowest BCUT2D eigenvalue weighted by molar-refractivity contribution is -0.144. The summed E-state index contributed by atoms with van der Waals surface area (Å²) in [6.45, 7) is 9.50. The fourth-order valence-electron chi connectivity index (χ4n) is 3.55. The first-order valence-corrected chi connectivity index (χ1v) is 11.7. The fraction of sp³-hybridized carbons (Fsp3) is 0.545. The molecular formula is C22H31NO6S. The van der Waals surface area contributed by atoms with Gasteiger partial charge in [0.2, 0.25) is 10.0 Å². The summed E-state index contributed by atoms with van der Waals surface area (Å²) >= 11 is 0. The van der Waals surface area contributed by atoms with Gasteiger partial charge in [-0.1, -0.05) is 37.6 Å². The Labute approximate surface area is 179 Å². The van der Waals surface area contributed by atoms with Crippen LogP contribution in [-0.4, -0.2) is 50.0 Å². The summed E-state index contributed by atoms with van der Waals surface area (Å²) in [4.78, 5) is 24.7. The second kappa shape index (κ2) is 10.2. The van der Waals surface area contributed by atoms with Crippen molar-refractivity contribution in [2.45, 2.75) is 64.4 Å². The average molecular weight is 438 g/mol. The monoisotopic (exact) mass is 437 g/mol. The Bertz CT molecular complexity index is 889. The number of hydrogen-bond donors (Lipinski definition) is 0. The molecule has 1 aromatic carbocycles. The van der Waals surface area contributed by atoms with E-state index in [0.717, 1.165) is 5.56 Å². The highest BCUT2D eigenvalue weighted by atomic mass is 32.2. The Balaban J connectivity index is 2.49. The lowest BCUT2D eigenvalue weighted by atomic mass is 10.0. The first-order valence-electron chi connectivity index (χ1n) is 10.3. The maximum absolute atomic E-state index is 13.6. The highest BCUT2D eigenvalue weighted by Crippen LogP contribution is 2.36. The van der Waals surface area contributed by atoms with Crippen LogP contribution in [0.5, 0.6) is 0 Å². The third-order valence-electron chi connectivity index (χ3n) is 5.03. The van der Waals surface area contributed by atoms with Crippen LogP contribution >= 0.6 is 0 Å². The van der Waals surface area contributed by atoms with Crippen LogP contribution in [0, 0.1) is 12.8 Å². The normalized spacial score (nSPS) is 19.6. The molecule has 8 heteroatoms. The molecule has 0 saturated heterocycles. The average Bonchev–Trinajstić information content (AvgIpc) is 3.08. The second-order valence-corrected chi connectivity index (χ2v) is 9.43. The van der Waals surface area contributed by atoms with Crippen molar-refractivity contribution < 1.29 is 27.5 Å². The zero-order chi connectivity index (χ0) is 22.5. The largest absolute Gasteiger partial charge is 0.466 e. The molecule has 0 spiro atoms. The van der Waals surface area contributed by atoms with Gasteiger partial charge in [0.1, 0.15) is 0 Å². The van der Waals surface area contributed by atoms with Gasteiger partial charge >= 0.3 is 11.9 Å². The third kappa shape index (κ3) is 5.29. The van der Waals surface area contributed by atoms with E-state index in [1.165, 1.54) is 4.31 Å². The molecule has 7 nitrogen and oxygen atoms in total. The van der Waals surface area contributed by atoms with E-state index < -0.39 is 34.0 Å². The number of carbonyl (C=O) groups excluding carboxylic acids is 2. The number of carbonyl (C=O) groups is 2. The highest BCUT2D eigenvalue weighted by Gasteiger charge is 2.46. The van der Waals surface area contributed by atoms with Crippen LogP contribution in [0.25, 0.3) is 0 Å². The molecule has 0 fully saturated rings. The Hall–Kier alpha value is -2.19. The molecule has 1 aliphatic heterocycles. The van der Waals surface area contributed by atoms with Crippen molar-refractivity contribution in [2.24, 2.45) is 5.92 Å². The molecule has 2 rings (SSSR count).